The number of hydrogen-bond acceptors (Lipinski definition) is 7. The molecule has 9 nitrogen and oxygen atoms in total. The van der Waals surface area contributed by atoms with E-state index in [1.165, 1.54) is 17.4 Å². The van der Waals surface area contributed by atoms with E-state index in [2.05, 4.69) is 4.99 Å². The van der Waals surface area contributed by atoms with E-state index in [-0.39, 0.29) is 24.4 Å². The van der Waals surface area contributed by atoms with Crippen LogP contribution in [-0.2, 0) is 16.1 Å². The summed E-state index contributed by atoms with van der Waals surface area (Å²) >= 11 is 1.29. The summed E-state index contributed by atoms with van der Waals surface area (Å²) in [5, 5.41) is 11.8. The van der Waals surface area contributed by atoms with Gasteiger partial charge in [-0.25, -0.2) is 0 Å². The highest BCUT2D eigenvalue weighted by Gasteiger charge is 2.23. The van der Waals surface area contributed by atoms with Crippen molar-refractivity contribution < 1.29 is 19.2 Å². The molecule has 0 saturated carbocycles. The van der Waals surface area contributed by atoms with Crippen molar-refractivity contribution in [3.63, 3.8) is 0 Å². The summed E-state index contributed by atoms with van der Waals surface area (Å²) in [5.41, 5.74) is 3.47. The Balaban J connectivity index is 1.77. The maximum absolute atomic E-state index is 13.1. The van der Waals surface area contributed by atoms with E-state index in [0.717, 1.165) is 53.7 Å². The van der Waals surface area contributed by atoms with Gasteiger partial charge in [0.1, 0.15) is 12.2 Å². The largest absolute Gasteiger partial charge is 0.465 e. The van der Waals surface area contributed by atoms with Crippen LogP contribution in [0.2, 0.25) is 0 Å². The molecule has 1 aromatic heterocycles. The Hall–Kier alpha value is -3.53. The fourth-order valence-corrected chi connectivity index (χ4v) is 5.36. The molecule has 1 aliphatic heterocycles. The van der Waals surface area contributed by atoms with Gasteiger partial charge >= 0.3 is 5.97 Å². The number of anilines is 1. The van der Waals surface area contributed by atoms with Crippen LogP contribution in [0.1, 0.15) is 47.7 Å². The van der Waals surface area contributed by atoms with Gasteiger partial charge < -0.3 is 14.2 Å². The molecule has 2 aromatic carbocycles. The number of piperidine rings is 1. The van der Waals surface area contributed by atoms with Crippen LogP contribution in [-0.4, -0.2) is 41.1 Å². The van der Waals surface area contributed by atoms with Crippen LogP contribution in [0.25, 0.3) is 10.2 Å². The van der Waals surface area contributed by atoms with Gasteiger partial charge in [-0.05, 0) is 75.4 Å². The minimum absolute atomic E-state index is 0.0868. The summed E-state index contributed by atoms with van der Waals surface area (Å²) in [6.07, 6.45) is 3.08. The number of carbonyl (C=O) groups excluding carboxylic acids is 2. The van der Waals surface area contributed by atoms with Crippen molar-refractivity contribution >= 4 is 44.8 Å². The molecule has 1 amide bonds. The maximum atomic E-state index is 13.1. The lowest BCUT2D eigenvalue weighted by Crippen LogP contribution is -2.30. The lowest BCUT2D eigenvalue weighted by atomic mass is 10.1. The molecule has 4 rings (SSSR count). The average molecular weight is 497 g/mol. The molecule has 2 heterocycles. The molecular formula is C25H28N4O5S. The maximum Gasteiger partial charge on any atom is 0.326 e. The standard InChI is InChI=1S/C25H28N4O5S/c1-4-34-23(30)15-28-21-12-16(2)17(3)13-22(21)35-25(28)26-24(31)18-8-9-19(20(14-18)29(32)33)27-10-6-5-7-11-27/h8-9,12-14H,4-7,10-11,15H2,1-3H3. The van der Waals surface area contributed by atoms with E-state index in [9.17, 15) is 19.7 Å². The van der Waals surface area contributed by atoms with Crippen molar-refractivity contribution in [3.05, 3.63) is 61.9 Å². The van der Waals surface area contributed by atoms with Gasteiger partial charge in [0.2, 0.25) is 0 Å². The number of benzene rings is 2. The Kier molecular flexibility index (Phi) is 7.30. The second-order valence-electron chi connectivity index (χ2n) is 8.61. The van der Waals surface area contributed by atoms with Gasteiger partial charge in [0.05, 0.1) is 21.7 Å². The van der Waals surface area contributed by atoms with Crippen LogP contribution >= 0.6 is 11.3 Å². The molecular weight excluding hydrogens is 468 g/mol. The minimum Gasteiger partial charge on any atom is -0.465 e. The third-order valence-electron chi connectivity index (χ3n) is 6.20. The number of aryl methyl sites for hydroxylation is 2. The fourth-order valence-electron chi connectivity index (χ4n) is 4.25. The van der Waals surface area contributed by atoms with E-state index in [1.54, 1.807) is 23.6 Å². The van der Waals surface area contributed by atoms with Gasteiger partial charge in [-0.2, -0.15) is 4.99 Å². The Bertz CT molecular complexity index is 1370. The van der Waals surface area contributed by atoms with Gasteiger partial charge in [0.15, 0.2) is 4.80 Å². The zero-order valence-electron chi connectivity index (χ0n) is 20.1. The number of aromatic nitrogens is 1. The van der Waals surface area contributed by atoms with E-state index in [1.807, 2.05) is 30.9 Å². The zero-order chi connectivity index (χ0) is 25.1. The summed E-state index contributed by atoms with van der Waals surface area (Å²) in [6, 6.07) is 8.48. The first kappa shape index (κ1) is 24.6. The SMILES string of the molecule is CCOC(=O)Cn1c(=NC(=O)c2ccc(N3CCCCC3)c([N+](=O)[O-])c2)sc2cc(C)c(C)cc21. The molecule has 1 fully saturated rings. The van der Waals surface area contributed by atoms with Crippen LogP contribution < -0.4 is 9.70 Å². The quantitative estimate of drug-likeness (QED) is 0.282. The first-order valence-corrected chi connectivity index (χ1v) is 12.5. The number of carbonyl (C=O) groups is 2. The van der Waals surface area contributed by atoms with Gasteiger partial charge in [-0.1, -0.05) is 11.3 Å². The van der Waals surface area contributed by atoms with E-state index < -0.39 is 16.8 Å². The number of rotatable bonds is 6. The number of nitro benzene ring substituents is 1. The van der Waals surface area contributed by atoms with Crippen LogP contribution in [0.15, 0.2) is 35.3 Å². The molecule has 35 heavy (non-hydrogen) atoms. The molecule has 1 saturated heterocycles. The molecule has 0 N–H and O–H groups in total. The van der Waals surface area contributed by atoms with E-state index in [4.69, 9.17) is 4.74 Å². The molecule has 0 aliphatic carbocycles. The number of nitro groups is 1. The molecule has 3 aromatic rings. The Labute approximate surface area is 206 Å². The molecule has 1 aliphatic rings. The predicted molar refractivity (Wildman–Crippen MR) is 135 cm³/mol. The number of thiazole rings is 1. The Morgan fingerprint density at radius 2 is 1.83 bits per heavy atom. The van der Waals surface area contributed by atoms with Crippen LogP contribution in [0.5, 0.6) is 0 Å². The summed E-state index contributed by atoms with van der Waals surface area (Å²) in [6.45, 7) is 7.38. The molecule has 0 radical (unpaired) electrons. The van der Waals surface area contributed by atoms with Crippen LogP contribution in [0, 0.1) is 24.0 Å². The second-order valence-corrected chi connectivity index (χ2v) is 9.61. The summed E-state index contributed by atoms with van der Waals surface area (Å²) in [4.78, 5) is 43.4. The van der Waals surface area contributed by atoms with Crippen molar-refractivity contribution in [2.24, 2.45) is 4.99 Å². The number of amides is 1. The highest BCUT2D eigenvalue weighted by atomic mass is 32.1. The lowest BCUT2D eigenvalue weighted by molar-refractivity contribution is -0.384. The summed E-state index contributed by atoms with van der Waals surface area (Å²) in [5.74, 6) is -1.03. The van der Waals surface area contributed by atoms with Gasteiger partial charge in [-0.3, -0.25) is 19.7 Å². The monoisotopic (exact) mass is 496 g/mol. The van der Waals surface area contributed by atoms with Crippen molar-refractivity contribution in [3.8, 4) is 0 Å². The smallest absolute Gasteiger partial charge is 0.326 e. The van der Waals surface area contributed by atoms with Gasteiger partial charge in [-0.15, -0.1) is 0 Å². The highest BCUT2D eigenvalue weighted by molar-refractivity contribution is 7.16. The van der Waals surface area contributed by atoms with Crippen molar-refractivity contribution in [2.75, 3.05) is 24.6 Å². The Morgan fingerprint density at radius 1 is 1.11 bits per heavy atom. The highest BCUT2D eigenvalue weighted by Crippen LogP contribution is 2.31. The number of hydrogen-bond donors (Lipinski definition) is 0. The van der Waals surface area contributed by atoms with Crippen molar-refractivity contribution in [1.29, 1.82) is 0 Å². The summed E-state index contributed by atoms with van der Waals surface area (Å²) < 4.78 is 7.66. The van der Waals surface area contributed by atoms with Crippen molar-refractivity contribution in [1.82, 2.24) is 4.57 Å². The van der Waals surface area contributed by atoms with Gasteiger partial charge in [0.25, 0.3) is 11.6 Å². The van der Waals surface area contributed by atoms with Gasteiger partial charge in [0, 0.05) is 24.7 Å². The minimum atomic E-state index is -0.601. The number of ether oxygens (including phenoxy) is 1. The molecule has 10 heteroatoms. The van der Waals surface area contributed by atoms with Crippen LogP contribution in [0.3, 0.4) is 0 Å². The molecule has 0 atom stereocenters. The first-order chi connectivity index (χ1) is 16.8. The molecule has 0 bridgehead atoms. The predicted octanol–water partition coefficient (Wildman–Crippen LogP) is 4.52. The fraction of sp³-hybridized carbons (Fsp3) is 0.400. The molecule has 184 valence electrons. The normalized spacial score (nSPS) is 14.4. The Morgan fingerprint density at radius 3 is 2.51 bits per heavy atom. The third-order valence-corrected chi connectivity index (χ3v) is 7.24. The number of fused-ring (bicyclic) bond motifs is 1. The average Bonchev–Trinajstić information content (AvgIpc) is 3.15. The zero-order valence-corrected chi connectivity index (χ0v) is 20.9. The van der Waals surface area contributed by atoms with E-state index in [0.29, 0.717) is 10.5 Å². The molecule has 0 unspecified atom stereocenters. The van der Waals surface area contributed by atoms with Crippen LogP contribution in [0.4, 0.5) is 11.4 Å². The first-order valence-electron chi connectivity index (χ1n) is 11.7. The van der Waals surface area contributed by atoms with Crippen molar-refractivity contribution in [2.45, 2.75) is 46.6 Å². The summed E-state index contributed by atoms with van der Waals surface area (Å²) in [7, 11) is 0. The number of esters is 1. The topological polar surface area (TPSA) is 107 Å². The second kappa shape index (κ2) is 10.4. The lowest BCUT2D eigenvalue weighted by Gasteiger charge is -2.28. The van der Waals surface area contributed by atoms with E-state index >= 15 is 0 Å². The number of nitrogens with zero attached hydrogens (tertiary/aromatic N) is 4. The third kappa shape index (κ3) is 5.27. The molecule has 0 spiro atoms.